The molecular weight excluding hydrogens is 364 g/mol. The van der Waals surface area contributed by atoms with Gasteiger partial charge in [-0.15, -0.1) is 0 Å². The number of carbonyl (C=O) groups excluding carboxylic acids is 2. The normalized spacial score (nSPS) is 12.0. The lowest BCUT2D eigenvalue weighted by Gasteiger charge is -2.21. The van der Waals surface area contributed by atoms with E-state index < -0.39 is 51.5 Å². The molecule has 0 aliphatic carbocycles. The number of carbonyl (C=O) groups is 2. The molecule has 1 amide bonds. The Morgan fingerprint density at radius 2 is 1.63 bits per heavy atom. The van der Waals surface area contributed by atoms with Gasteiger partial charge < -0.3 is 9.47 Å². The second-order valence-corrected chi connectivity index (χ2v) is 6.47. The lowest BCUT2D eigenvalue weighted by Crippen LogP contribution is -2.48. The van der Waals surface area contributed by atoms with Gasteiger partial charge in [0.25, 0.3) is 11.4 Å². The number of hydrazine groups is 1. The SMILES string of the molecule is C[C@H](NNC(=O)OC(C)(C)C)C(=O)OCc1cc([N+](=O)[O-])cc([N+](=O)[O-])c1. The van der Waals surface area contributed by atoms with E-state index in [1.807, 2.05) is 0 Å². The number of hydrogen-bond acceptors (Lipinski definition) is 9. The van der Waals surface area contributed by atoms with Gasteiger partial charge in [-0.25, -0.2) is 10.2 Å². The first-order valence-electron chi connectivity index (χ1n) is 7.73. The third-order valence-electron chi connectivity index (χ3n) is 2.91. The van der Waals surface area contributed by atoms with Crippen LogP contribution in [0, 0.1) is 20.2 Å². The van der Waals surface area contributed by atoms with E-state index in [0.29, 0.717) is 0 Å². The number of rotatable bonds is 7. The molecule has 1 atom stereocenters. The molecule has 0 saturated heterocycles. The molecule has 1 aromatic rings. The molecule has 1 rings (SSSR count). The predicted octanol–water partition coefficient (Wildman–Crippen LogP) is 1.96. The molecule has 148 valence electrons. The maximum atomic E-state index is 11.9. The van der Waals surface area contributed by atoms with E-state index >= 15 is 0 Å². The van der Waals surface area contributed by atoms with Gasteiger partial charge >= 0.3 is 12.1 Å². The number of nitro groups is 2. The molecule has 0 unspecified atom stereocenters. The van der Waals surface area contributed by atoms with Crippen LogP contribution in [0.2, 0.25) is 0 Å². The number of non-ortho nitro benzene ring substituents is 2. The van der Waals surface area contributed by atoms with Gasteiger partial charge in [0.15, 0.2) is 0 Å². The molecule has 0 spiro atoms. The topological polar surface area (TPSA) is 163 Å². The molecule has 27 heavy (non-hydrogen) atoms. The Morgan fingerprint density at radius 1 is 1.11 bits per heavy atom. The number of nitro benzene ring substituents is 2. The zero-order valence-corrected chi connectivity index (χ0v) is 15.2. The summed E-state index contributed by atoms with van der Waals surface area (Å²) in [6, 6.07) is 1.97. The number of nitrogens with zero attached hydrogens (tertiary/aromatic N) is 2. The van der Waals surface area contributed by atoms with E-state index in [-0.39, 0.29) is 5.56 Å². The Kier molecular flexibility index (Phi) is 7.17. The largest absolute Gasteiger partial charge is 0.460 e. The highest BCUT2D eigenvalue weighted by atomic mass is 16.6. The summed E-state index contributed by atoms with van der Waals surface area (Å²) in [4.78, 5) is 43.5. The van der Waals surface area contributed by atoms with Crippen molar-refractivity contribution in [1.29, 1.82) is 0 Å². The van der Waals surface area contributed by atoms with Crippen molar-refractivity contribution < 1.29 is 28.9 Å². The molecule has 12 nitrogen and oxygen atoms in total. The van der Waals surface area contributed by atoms with Gasteiger partial charge in [-0.3, -0.25) is 30.4 Å². The molecule has 0 heterocycles. The third kappa shape index (κ3) is 7.64. The molecule has 2 N–H and O–H groups in total. The maximum Gasteiger partial charge on any atom is 0.422 e. The van der Waals surface area contributed by atoms with Gasteiger partial charge in [0, 0.05) is 17.7 Å². The lowest BCUT2D eigenvalue weighted by molar-refractivity contribution is -0.394. The first kappa shape index (κ1) is 21.8. The van der Waals surface area contributed by atoms with E-state index in [1.165, 1.54) is 6.92 Å². The highest BCUT2D eigenvalue weighted by Crippen LogP contribution is 2.23. The Labute approximate surface area is 154 Å². The molecule has 0 radical (unpaired) electrons. The standard InChI is InChI=1S/C15H20N4O8/c1-9(16-17-14(21)27-15(2,3)4)13(20)26-8-10-5-11(18(22)23)7-12(6-10)19(24)25/h5-7,9,16H,8H2,1-4H3,(H,17,21)/t9-/m0/s1. The summed E-state index contributed by atoms with van der Waals surface area (Å²) in [7, 11) is 0. The average Bonchev–Trinajstić information content (AvgIpc) is 2.55. The lowest BCUT2D eigenvalue weighted by atomic mass is 10.2. The average molecular weight is 384 g/mol. The van der Waals surface area contributed by atoms with Crippen LogP contribution in [-0.4, -0.2) is 33.6 Å². The number of hydrogen-bond donors (Lipinski definition) is 2. The van der Waals surface area contributed by atoms with Crippen LogP contribution in [0.3, 0.4) is 0 Å². The Balaban J connectivity index is 2.64. The summed E-state index contributed by atoms with van der Waals surface area (Å²) in [5.41, 5.74) is 2.94. The molecule has 0 fully saturated rings. The molecule has 0 aliphatic rings. The quantitative estimate of drug-likeness (QED) is 0.406. The maximum absolute atomic E-state index is 11.9. The number of amides is 1. The summed E-state index contributed by atoms with van der Waals surface area (Å²) < 4.78 is 9.93. The van der Waals surface area contributed by atoms with Gasteiger partial charge in [0.1, 0.15) is 18.2 Å². The van der Waals surface area contributed by atoms with Crippen LogP contribution < -0.4 is 10.9 Å². The van der Waals surface area contributed by atoms with Gasteiger partial charge in [0.2, 0.25) is 0 Å². The predicted molar refractivity (Wildman–Crippen MR) is 91.5 cm³/mol. The minimum absolute atomic E-state index is 0.0801. The van der Waals surface area contributed by atoms with Crippen LogP contribution in [0.5, 0.6) is 0 Å². The first-order valence-corrected chi connectivity index (χ1v) is 7.73. The number of benzene rings is 1. The van der Waals surface area contributed by atoms with Crippen LogP contribution >= 0.6 is 0 Å². The molecule has 0 aliphatic heterocycles. The van der Waals surface area contributed by atoms with E-state index in [4.69, 9.17) is 9.47 Å². The molecular formula is C15H20N4O8. The highest BCUT2D eigenvalue weighted by molar-refractivity contribution is 5.76. The summed E-state index contributed by atoms with van der Waals surface area (Å²) in [6.45, 7) is 5.99. The summed E-state index contributed by atoms with van der Waals surface area (Å²) in [5.74, 6) is -0.791. The minimum Gasteiger partial charge on any atom is -0.460 e. The number of esters is 1. The summed E-state index contributed by atoms with van der Waals surface area (Å²) >= 11 is 0. The first-order chi connectivity index (χ1) is 12.4. The van der Waals surface area contributed by atoms with Crippen LogP contribution in [0.1, 0.15) is 33.3 Å². The Hall–Kier alpha value is -3.28. The van der Waals surface area contributed by atoms with Crippen molar-refractivity contribution in [2.24, 2.45) is 0 Å². The van der Waals surface area contributed by atoms with Gasteiger partial charge in [-0.2, -0.15) is 0 Å². The molecule has 12 heteroatoms. The van der Waals surface area contributed by atoms with Crippen LogP contribution in [-0.2, 0) is 20.9 Å². The van der Waals surface area contributed by atoms with E-state index in [9.17, 15) is 29.8 Å². The van der Waals surface area contributed by atoms with Crippen molar-refractivity contribution in [2.45, 2.75) is 45.9 Å². The summed E-state index contributed by atoms with van der Waals surface area (Å²) in [6.07, 6.45) is -0.795. The zero-order valence-electron chi connectivity index (χ0n) is 15.2. The fraction of sp³-hybridized carbons (Fsp3) is 0.467. The second-order valence-electron chi connectivity index (χ2n) is 6.47. The van der Waals surface area contributed by atoms with Crippen LogP contribution in [0.15, 0.2) is 18.2 Å². The number of ether oxygens (including phenoxy) is 2. The van der Waals surface area contributed by atoms with Crippen molar-refractivity contribution in [3.8, 4) is 0 Å². The molecule has 0 aromatic heterocycles. The Bertz CT molecular complexity index is 712. The smallest absolute Gasteiger partial charge is 0.422 e. The van der Waals surface area contributed by atoms with Gasteiger partial charge in [-0.05, 0) is 27.7 Å². The fourth-order valence-corrected chi connectivity index (χ4v) is 1.76. The summed E-state index contributed by atoms with van der Waals surface area (Å²) in [5, 5.41) is 21.7. The highest BCUT2D eigenvalue weighted by Gasteiger charge is 2.21. The van der Waals surface area contributed by atoms with Crippen LogP contribution in [0.25, 0.3) is 0 Å². The van der Waals surface area contributed by atoms with E-state index in [2.05, 4.69) is 10.9 Å². The van der Waals surface area contributed by atoms with Gasteiger partial charge in [-0.1, -0.05) is 0 Å². The van der Waals surface area contributed by atoms with Crippen molar-refractivity contribution in [1.82, 2.24) is 10.9 Å². The monoisotopic (exact) mass is 384 g/mol. The second kappa shape index (κ2) is 8.89. The van der Waals surface area contributed by atoms with Crippen LogP contribution in [0.4, 0.5) is 16.2 Å². The van der Waals surface area contributed by atoms with Crippen molar-refractivity contribution in [3.05, 3.63) is 44.0 Å². The van der Waals surface area contributed by atoms with Gasteiger partial charge in [0.05, 0.1) is 15.9 Å². The Morgan fingerprint density at radius 3 is 2.07 bits per heavy atom. The molecule has 1 aromatic carbocycles. The third-order valence-corrected chi connectivity index (χ3v) is 2.91. The van der Waals surface area contributed by atoms with E-state index in [1.54, 1.807) is 20.8 Å². The molecule has 0 saturated carbocycles. The van der Waals surface area contributed by atoms with Crippen molar-refractivity contribution >= 4 is 23.4 Å². The van der Waals surface area contributed by atoms with E-state index in [0.717, 1.165) is 18.2 Å². The van der Waals surface area contributed by atoms with Crippen molar-refractivity contribution in [2.75, 3.05) is 0 Å². The molecule has 0 bridgehead atoms. The minimum atomic E-state index is -0.966. The van der Waals surface area contributed by atoms with Crippen molar-refractivity contribution in [3.63, 3.8) is 0 Å². The zero-order chi connectivity index (χ0) is 20.8. The fourth-order valence-electron chi connectivity index (χ4n) is 1.76. The number of nitrogens with one attached hydrogen (secondary N) is 2.